The standard InChI is InChI=1S/C11H17N3O2S/c1-8-3-4-10(14-12)9(7-8)11(15)13-5-6-17(2)16/h3-4,7,14H,5-6,12H2,1-2H3,(H,13,15). The van der Waals surface area contributed by atoms with Crippen molar-refractivity contribution in [1.29, 1.82) is 0 Å². The average Bonchev–Trinajstić information content (AvgIpc) is 2.28. The smallest absolute Gasteiger partial charge is 0.253 e. The first kappa shape index (κ1) is 13.7. The van der Waals surface area contributed by atoms with Crippen LogP contribution in [0.25, 0.3) is 0 Å². The van der Waals surface area contributed by atoms with Crippen LogP contribution in [0.1, 0.15) is 15.9 Å². The molecule has 0 saturated heterocycles. The van der Waals surface area contributed by atoms with Crippen LogP contribution in [-0.4, -0.2) is 28.7 Å². The molecule has 1 atom stereocenters. The van der Waals surface area contributed by atoms with Crippen LogP contribution >= 0.6 is 0 Å². The number of benzene rings is 1. The zero-order valence-electron chi connectivity index (χ0n) is 9.95. The Morgan fingerprint density at radius 2 is 2.18 bits per heavy atom. The van der Waals surface area contributed by atoms with Crippen LogP contribution < -0.4 is 16.6 Å². The molecule has 1 aromatic rings. The number of carbonyl (C=O) groups excluding carboxylic acids is 1. The summed E-state index contributed by atoms with van der Waals surface area (Å²) in [6, 6.07) is 5.38. The van der Waals surface area contributed by atoms with Crippen molar-refractivity contribution in [2.45, 2.75) is 6.92 Å². The fraction of sp³-hybridized carbons (Fsp3) is 0.364. The molecule has 4 N–H and O–H groups in total. The average molecular weight is 255 g/mol. The molecule has 0 aliphatic rings. The lowest BCUT2D eigenvalue weighted by atomic mass is 10.1. The van der Waals surface area contributed by atoms with Crippen molar-refractivity contribution < 1.29 is 9.00 Å². The van der Waals surface area contributed by atoms with Crippen molar-refractivity contribution >= 4 is 22.4 Å². The van der Waals surface area contributed by atoms with Crippen molar-refractivity contribution in [2.24, 2.45) is 5.84 Å². The first-order chi connectivity index (χ1) is 8.04. The number of nitrogens with one attached hydrogen (secondary N) is 2. The molecule has 0 aliphatic carbocycles. The first-order valence-electron chi connectivity index (χ1n) is 5.20. The van der Waals surface area contributed by atoms with Gasteiger partial charge in [-0.25, -0.2) is 0 Å². The summed E-state index contributed by atoms with van der Waals surface area (Å²) in [7, 11) is -0.905. The third-order valence-electron chi connectivity index (χ3n) is 2.25. The topological polar surface area (TPSA) is 84.2 Å². The molecule has 1 amide bonds. The summed E-state index contributed by atoms with van der Waals surface area (Å²) in [4.78, 5) is 11.9. The Morgan fingerprint density at radius 3 is 2.76 bits per heavy atom. The Morgan fingerprint density at radius 1 is 1.47 bits per heavy atom. The quantitative estimate of drug-likeness (QED) is 0.525. The fourth-order valence-electron chi connectivity index (χ4n) is 1.38. The van der Waals surface area contributed by atoms with E-state index in [0.717, 1.165) is 5.56 Å². The zero-order chi connectivity index (χ0) is 12.8. The number of nitrogen functional groups attached to an aromatic ring is 1. The highest BCUT2D eigenvalue weighted by molar-refractivity contribution is 7.84. The van der Waals surface area contributed by atoms with Gasteiger partial charge in [0.2, 0.25) is 0 Å². The lowest BCUT2D eigenvalue weighted by molar-refractivity contribution is 0.0957. The second-order valence-corrected chi connectivity index (χ2v) is 5.28. The number of aryl methyl sites for hydroxylation is 1. The van der Waals surface area contributed by atoms with E-state index < -0.39 is 10.8 Å². The second-order valence-electron chi connectivity index (χ2n) is 3.73. The molecule has 6 heteroatoms. The molecule has 0 heterocycles. The van der Waals surface area contributed by atoms with Crippen molar-refractivity contribution in [1.82, 2.24) is 5.32 Å². The van der Waals surface area contributed by atoms with Crippen LogP contribution in [0.4, 0.5) is 5.69 Å². The number of hydrazine groups is 1. The SMILES string of the molecule is Cc1ccc(NN)c(C(=O)NCCS(C)=O)c1. The maximum Gasteiger partial charge on any atom is 0.253 e. The van der Waals surface area contributed by atoms with Gasteiger partial charge in [-0.1, -0.05) is 11.6 Å². The number of hydrogen-bond donors (Lipinski definition) is 3. The highest BCUT2D eigenvalue weighted by atomic mass is 32.2. The number of anilines is 1. The third-order valence-corrected chi connectivity index (χ3v) is 3.03. The number of hydrogen-bond acceptors (Lipinski definition) is 4. The van der Waals surface area contributed by atoms with E-state index in [4.69, 9.17) is 5.84 Å². The van der Waals surface area contributed by atoms with Crippen molar-refractivity contribution in [2.75, 3.05) is 24.0 Å². The van der Waals surface area contributed by atoms with Gasteiger partial charge < -0.3 is 10.7 Å². The summed E-state index contributed by atoms with van der Waals surface area (Å²) in [5, 5.41) is 2.70. The van der Waals surface area contributed by atoms with Gasteiger partial charge in [-0.3, -0.25) is 14.8 Å². The molecule has 0 fully saturated rings. The summed E-state index contributed by atoms with van der Waals surface area (Å²) >= 11 is 0. The largest absolute Gasteiger partial charge is 0.351 e. The van der Waals surface area contributed by atoms with Gasteiger partial charge in [-0.05, 0) is 19.1 Å². The number of carbonyl (C=O) groups is 1. The van der Waals surface area contributed by atoms with E-state index in [-0.39, 0.29) is 5.91 Å². The monoisotopic (exact) mass is 255 g/mol. The molecular weight excluding hydrogens is 238 g/mol. The van der Waals surface area contributed by atoms with Gasteiger partial charge in [0.15, 0.2) is 0 Å². The Balaban J connectivity index is 2.73. The van der Waals surface area contributed by atoms with Gasteiger partial charge in [0.1, 0.15) is 0 Å². The molecule has 17 heavy (non-hydrogen) atoms. The molecular formula is C11H17N3O2S. The van der Waals surface area contributed by atoms with E-state index in [1.165, 1.54) is 0 Å². The molecule has 1 unspecified atom stereocenters. The predicted octanol–water partition coefficient (Wildman–Crippen LogP) is 0.389. The van der Waals surface area contributed by atoms with E-state index in [9.17, 15) is 9.00 Å². The Kier molecular flexibility index (Phi) is 5.11. The molecule has 5 nitrogen and oxygen atoms in total. The molecule has 1 aromatic carbocycles. The third kappa shape index (κ3) is 4.16. The van der Waals surface area contributed by atoms with Crippen molar-refractivity contribution in [3.8, 4) is 0 Å². The van der Waals surface area contributed by atoms with Gasteiger partial charge in [-0.2, -0.15) is 0 Å². The summed E-state index contributed by atoms with van der Waals surface area (Å²) in [6.07, 6.45) is 1.60. The van der Waals surface area contributed by atoms with Gasteiger partial charge in [0, 0.05) is 29.4 Å². The maximum absolute atomic E-state index is 11.9. The normalized spacial score (nSPS) is 11.9. The fourth-order valence-corrected chi connectivity index (χ4v) is 1.76. The maximum atomic E-state index is 11.9. The number of amides is 1. The molecule has 0 bridgehead atoms. The van der Waals surface area contributed by atoms with Gasteiger partial charge in [0.05, 0.1) is 11.3 Å². The minimum absolute atomic E-state index is 0.216. The minimum atomic E-state index is -0.905. The lowest BCUT2D eigenvalue weighted by Gasteiger charge is -2.10. The minimum Gasteiger partial charge on any atom is -0.351 e. The Labute approximate surface area is 103 Å². The van der Waals surface area contributed by atoms with Crippen LogP contribution in [0.3, 0.4) is 0 Å². The number of rotatable bonds is 5. The van der Waals surface area contributed by atoms with Gasteiger partial charge in [0.25, 0.3) is 5.91 Å². The van der Waals surface area contributed by atoms with Crippen molar-refractivity contribution in [3.05, 3.63) is 29.3 Å². The van der Waals surface area contributed by atoms with Crippen LogP contribution in [0.2, 0.25) is 0 Å². The predicted molar refractivity (Wildman–Crippen MR) is 70.3 cm³/mol. The summed E-state index contributed by atoms with van der Waals surface area (Å²) < 4.78 is 10.9. The van der Waals surface area contributed by atoms with E-state index in [1.807, 2.05) is 13.0 Å². The highest BCUT2D eigenvalue weighted by Gasteiger charge is 2.10. The summed E-state index contributed by atoms with van der Waals surface area (Å²) in [6.45, 7) is 2.29. The van der Waals surface area contributed by atoms with Crippen molar-refractivity contribution in [3.63, 3.8) is 0 Å². The molecule has 0 radical (unpaired) electrons. The molecule has 0 aliphatic heterocycles. The molecule has 1 rings (SSSR count). The second kappa shape index (κ2) is 6.36. The molecule has 0 spiro atoms. The van der Waals surface area contributed by atoms with Crippen LogP contribution in [-0.2, 0) is 10.8 Å². The summed E-state index contributed by atoms with van der Waals surface area (Å²) in [5.41, 5.74) is 4.53. The van der Waals surface area contributed by atoms with Crippen LogP contribution in [0.15, 0.2) is 18.2 Å². The zero-order valence-corrected chi connectivity index (χ0v) is 10.8. The number of nitrogens with two attached hydrogens (primary N) is 1. The van der Waals surface area contributed by atoms with E-state index in [1.54, 1.807) is 18.4 Å². The van der Waals surface area contributed by atoms with Gasteiger partial charge in [-0.15, -0.1) is 0 Å². The highest BCUT2D eigenvalue weighted by Crippen LogP contribution is 2.15. The van der Waals surface area contributed by atoms with Crippen LogP contribution in [0, 0.1) is 6.92 Å². The van der Waals surface area contributed by atoms with E-state index in [2.05, 4.69) is 10.7 Å². The first-order valence-corrected chi connectivity index (χ1v) is 6.93. The summed E-state index contributed by atoms with van der Waals surface area (Å²) in [5.74, 6) is 5.57. The molecule has 0 aromatic heterocycles. The lowest BCUT2D eigenvalue weighted by Crippen LogP contribution is -2.28. The van der Waals surface area contributed by atoms with E-state index in [0.29, 0.717) is 23.5 Å². The van der Waals surface area contributed by atoms with E-state index >= 15 is 0 Å². The Hall–Kier alpha value is -1.40. The van der Waals surface area contributed by atoms with Gasteiger partial charge >= 0.3 is 0 Å². The van der Waals surface area contributed by atoms with Crippen LogP contribution in [0.5, 0.6) is 0 Å². The molecule has 0 saturated carbocycles. The molecule has 94 valence electrons. The Bertz CT molecular complexity index is 435.